The van der Waals surface area contributed by atoms with Crippen molar-refractivity contribution >= 4 is 6.09 Å². The van der Waals surface area contributed by atoms with Gasteiger partial charge in [0.2, 0.25) is 0 Å². The molecule has 0 bridgehead atoms. The van der Waals surface area contributed by atoms with Gasteiger partial charge in [-0.05, 0) is 65.8 Å². The monoisotopic (exact) mass is 300 g/mol. The lowest BCUT2D eigenvalue weighted by Crippen LogP contribution is -2.46. The van der Waals surface area contributed by atoms with E-state index in [0.717, 1.165) is 45.1 Å². The molecule has 0 saturated heterocycles. The smallest absolute Gasteiger partial charge is 0.407 e. The van der Waals surface area contributed by atoms with Crippen LogP contribution in [-0.2, 0) is 4.74 Å². The van der Waals surface area contributed by atoms with Crippen molar-refractivity contribution in [2.75, 3.05) is 6.54 Å². The summed E-state index contributed by atoms with van der Waals surface area (Å²) < 4.78 is 5.30. The number of carbonyl (C=O) groups is 1. The van der Waals surface area contributed by atoms with Gasteiger partial charge in [-0.2, -0.15) is 0 Å². The molecule has 3 atom stereocenters. The molecule has 1 aliphatic carbocycles. The van der Waals surface area contributed by atoms with Gasteiger partial charge in [-0.15, -0.1) is 0 Å². The van der Waals surface area contributed by atoms with Crippen LogP contribution in [0.2, 0.25) is 0 Å². The number of aliphatic hydroxyl groups excluding tert-OH is 1. The van der Waals surface area contributed by atoms with Gasteiger partial charge in [0.15, 0.2) is 0 Å². The maximum absolute atomic E-state index is 11.8. The predicted molar refractivity (Wildman–Crippen MR) is 84.3 cm³/mol. The molecule has 0 radical (unpaired) electrons. The van der Waals surface area contributed by atoms with Crippen LogP contribution in [0.5, 0.6) is 0 Å². The van der Waals surface area contributed by atoms with Crippen molar-refractivity contribution in [1.29, 1.82) is 0 Å². The first-order valence-corrected chi connectivity index (χ1v) is 8.21. The van der Waals surface area contributed by atoms with Crippen LogP contribution >= 0.6 is 0 Å². The molecule has 21 heavy (non-hydrogen) atoms. The Labute approximate surface area is 128 Å². The van der Waals surface area contributed by atoms with Gasteiger partial charge in [0.1, 0.15) is 5.60 Å². The molecule has 5 heteroatoms. The van der Waals surface area contributed by atoms with E-state index >= 15 is 0 Å². The summed E-state index contributed by atoms with van der Waals surface area (Å²) in [6.45, 7) is 8.44. The number of nitrogens with one attached hydrogen (secondary N) is 2. The van der Waals surface area contributed by atoms with Crippen molar-refractivity contribution in [1.82, 2.24) is 10.6 Å². The van der Waals surface area contributed by atoms with Crippen LogP contribution in [0.3, 0.4) is 0 Å². The maximum Gasteiger partial charge on any atom is 0.407 e. The SMILES string of the molecule is CCC(O)CCNC1CCCC(NC(=O)OC(C)(C)C)C1. The Balaban J connectivity index is 2.27. The summed E-state index contributed by atoms with van der Waals surface area (Å²) >= 11 is 0. The molecule has 1 amide bonds. The number of rotatable bonds is 6. The second kappa shape index (κ2) is 8.59. The van der Waals surface area contributed by atoms with Crippen LogP contribution in [0.4, 0.5) is 4.79 Å². The molecule has 0 aliphatic heterocycles. The summed E-state index contributed by atoms with van der Waals surface area (Å²) in [6.07, 6.45) is 5.23. The number of carbonyl (C=O) groups excluding carboxylic acids is 1. The van der Waals surface area contributed by atoms with Gasteiger partial charge in [0, 0.05) is 12.1 Å². The normalized spacial score (nSPS) is 24.4. The third-order valence-electron chi connectivity index (χ3n) is 3.78. The average Bonchev–Trinajstić information content (AvgIpc) is 2.36. The first kappa shape index (κ1) is 18.2. The molecule has 124 valence electrons. The molecule has 1 aliphatic rings. The number of ether oxygens (including phenoxy) is 1. The third kappa shape index (κ3) is 8.27. The fourth-order valence-electron chi connectivity index (χ4n) is 2.64. The lowest BCUT2D eigenvalue weighted by molar-refractivity contribution is 0.0488. The highest BCUT2D eigenvalue weighted by Crippen LogP contribution is 2.19. The van der Waals surface area contributed by atoms with Gasteiger partial charge in [-0.3, -0.25) is 0 Å². The third-order valence-corrected chi connectivity index (χ3v) is 3.78. The number of hydrogen-bond donors (Lipinski definition) is 3. The minimum Gasteiger partial charge on any atom is -0.444 e. The second-order valence-corrected chi connectivity index (χ2v) is 7.01. The number of aliphatic hydroxyl groups is 1. The fourth-order valence-corrected chi connectivity index (χ4v) is 2.64. The van der Waals surface area contributed by atoms with Crippen LogP contribution in [0, 0.1) is 0 Å². The van der Waals surface area contributed by atoms with Crippen molar-refractivity contribution in [3.63, 3.8) is 0 Å². The summed E-state index contributed by atoms with van der Waals surface area (Å²) in [5.74, 6) is 0. The maximum atomic E-state index is 11.8. The van der Waals surface area contributed by atoms with Gasteiger partial charge in [-0.25, -0.2) is 4.79 Å². The number of amides is 1. The largest absolute Gasteiger partial charge is 0.444 e. The molecule has 5 nitrogen and oxygen atoms in total. The van der Waals surface area contributed by atoms with E-state index in [1.807, 2.05) is 27.7 Å². The van der Waals surface area contributed by atoms with E-state index in [0.29, 0.717) is 6.04 Å². The predicted octanol–water partition coefficient (Wildman–Crippen LogP) is 2.57. The van der Waals surface area contributed by atoms with Gasteiger partial charge in [0.05, 0.1) is 6.10 Å². The number of alkyl carbamates (subject to hydrolysis) is 1. The quantitative estimate of drug-likeness (QED) is 0.705. The van der Waals surface area contributed by atoms with E-state index in [2.05, 4.69) is 10.6 Å². The first-order valence-electron chi connectivity index (χ1n) is 8.21. The fraction of sp³-hybridized carbons (Fsp3) is 0.938. The zero-order chi connectivity index (χ0) is 15.9. The lowest BCUT2D eigenvalue weighted by Gasteiger charge is -2.31. The molecule has 0 heterocycles. The van der Waals surface area contributed by atoms with Crippen LogP contribution < -0.4 is 10.6 Å². The molecule has 0 aromatic carbocycles. The van der Waals surface area contributed by atoms with Crippen molar-refractivity contribution in [2.45, 2.75) is 90.0 Å². The Morgan fingerprint density at radius 1 is 1.33 bits per heavy atom. The van der Waals surface area contributed by atoms with Crippen molar-refractivity contribution < 1.29 is 14.6 Å². The Hall–Kier alpha value is -0.810. The molecule has 1 rings (SSSR count). The lowest BCUT2D eigenvalue weighted by atomic mass is 9.91. The standard InChI is InChI=1S/C16H32N2O3/c1-5-14(19)9-10-17-12-7-6-8-13(11-12)18-15(20)21-16(2,3)4/h12-14,17,19H,5-11H2,1-4H3,(H,18,20). The van der Waals surface area contributed by atoms with Crippen LogP contribution in [-0.4, -0.2) is 41.5 Å². The highest BCUT2D eigenvalue weighted by molar-refractivity contribution is 5.68. The Bertz CT molecular complexity index is 315. The van der Waals surface area contributed by atoms with Crippen molar-refractivity contribution in [3.8, 4) is 0 Å². The zero-order valence-electron chi connectivity index (χ0n) is 13.9. The molecule has 1 fully saturated rings. The van der Waals surface area contributed by atoms with Crippen molar-refractivity contribution in [3.05, 3.63) is 0 Å². The molecule has 3 N–H and O–H groups in total. The van der Waals surface area contributed by atoms with Crippen LogP contribution in [0.1, 0.15) is 66.2 Å². The summed E-state index contributed by atoms with van der Waals surface area (Å²) in [7, 11) is 0. The van der Waals surface area contributed by atoms with E-state index in [-0.39, 0.29) is 18.2 Å². The van der Waals surface area contributed by atoms with Crippen LogP contribution in [0.25, 0.3) is 0 Å². The van der Waals surface area contributed by atoms with Gasteiger partial charge in [0.25, 0.3) is 0 Å². The molecule has 3 unspecified atom stereocenters. The average molecular weight is 300 g/mol. The highest BCUT2D eigenvalue weighted by Gasteiger charge is 2.25. The van der Waals surface area contributed by atoms with Gasteiger partial charge >= 0.3 is 6.09 Å². The molecular formula is C16H32N2O3. The highest BCUT2D eigenvalue weighted by atomic mass is 16.6. The zero-order valence-corrected chi connectivity index (χ0v) is 13.9. The Morgan fingerprint density at radius 3 is 2.62 bits per heavy atom. The topological polar surface area (TPSA) is 70.6 Å². The van der Waals surface area contributed by atoms with E-state index in [1.54, 1.807) is 0 Å². The first-order chi connectivity index (χ1) is 9.80. The van der Waals surface area contributed by atoms with E-state index in [4.69, 9.17) is 4.74 Å². The van der Waals surface area contributed by atoms with E-state index < -0.39 is 5.60 Å². The summed E-state index contributed by atoms with van der Waals surface area (Å²) in [6, 6.07) is 0.602. The second-order valence-electron chi connectivity index (χ2n) is 7.01. The van der Waals surface area contributed by atoms with E-state index in [1.165, 1.54) is 0 Å². The summed E-state index contributed by atoms with van der Waals surface area (Å²) in [5.41, 5.74) is -0.452. The molecular weight excluding hydrogens is 268 g/mol. The summed E-state index contributed by atoms with van der Waals surface area (Å²) in [4.78, 5) is 11.8. The molecule has 0 spiro atoms. The number of hydrogen-bond acceptors (Lipinski definition) is 4. The Morgan fingerprint density at radius 2 is 2.00 bits per heavy atom. The summed E-state index contributed by atoms with van der Waals surface area (Å²) in [5, 5.41) is 16.0. The molecule has 0 aromatic heterocycles. The van der Waals surface area contributed by atoms with Crippen molar-refractivity contribution in [2.24, 2.45) is 0 Å². The van der Waals surface area contributed by atoms with Crippen LogP contribution in [0.15, 0.2) is 0 Å². The van der Waals surface area contributed by atoms with Gasteiger partial charge < -0.3 is 20.5 Å². The Kier molecular flexibility index (Phi) is 7.46. The minimum atomic E-state index is -0.452. The molecule has 0 aromatic rings. The molecule has 1 saturated carbocycles. The van der Waals surface area contributed by atoms with E-state index in [9.17, 15) is 9.90 Å². The minimum absolute atomic E-state index is 0.183. The van der Waals surface area contributed by atoms with Gasteiger partial charge in [-0.1, -0.05) is 6.92 Å².